The van der Waals surface area contributed by atoms with Gasteiger partial charge >= 0.3 is 6.18 Å². The minimum atomic E-state index is -4.60. The molecule has 1 aromatic heterocycles. The zero-order valence-electron chi connectivity index (χ0n) is 12.7. The van der Waals surface area contributed by atoms with Gasteiger partial charge in [0, 0.05) is 5.69 Å². The van der Waals surface area contributed by atoms with E-state index in [0.29, 0.717) is 12.1 Å². The molecule has 23 heavy (non-hydrogen) atoms. The second-order valence-corrected chi connectivity index (χ2v) is 5.04. The van der Waals surface area contributed by atoms with Gasteiger partial charge in [0.25, 0.3) is 0 Å². The number of aromatic nitrogens is 1. The van der Waals surface area contributed by atoms with Gasteiger partial charge in [-0.1, -0.05) is 13.0 Å². The van der Waals surface area contributed by atoms with E-state index in [9.17, 15) is 13.2 Å². The van der Waals surface area contributed by atoms with Crippen LogP contribution in [0.5, 0.6) is 5.75 Å². The molecule has 0 saturated carbocycles. The molecule has 0 fully saturated rings. The lowest BCUT2D eigenvalue weighted by atomic mass is 10.1. The first-order valence-electron chi connectivity index (χ1n) is 7.06. The van der Waals surface area contributed by atoms with Crippen LogP contribution >= 0.6 is 0 Å². The number of alkyl halides is 3. The normalized spacial score (nSPS) is 12.5. The molecule has 1 unspecified atom stereocenters. The highest BCUT2D eigenvalue weighted by Crippen LogP contribution is 2.35. The van der Waals surface area contributed by atoms with E-state index in [4.69, 9.17) is 10.00 Å². The van der Waals surface area contributed by atoms with Gasteiger partial charge < -0.3 is 4.74 Å². The second-order valence-electron chi connectivity index (χ2n) is 5.04. The molecule has 0 spiro atoms. The Labute approximate surface area is 132 Å². The van der Waals surface area contributed by atoms with Crippen molar-refractivity contribution in [2.24, 2.45) is 0 Å². The van der Waals surface area contributed by atoms with Gasteiger partial charge in [0.15, 0.2) is 0 Å². The quantitative estimate of drug-likeness (QED) is 0.812. The molecule has 0 aliphatic carbocycles. The molecule has 0 aliphatic heterocycles. The van der Waals surface area contributed by atoms with Crippen molar-refractivity contribution >= 4 is 0 Å². The Hall–Kier alpha value is -2.55. The van der Waals surface area contributed by atoms with Crippen LogP contribution in [0.3, 0.4) is 0 Å². The zero-order chi connectivity index (χ0) is 17.0. The predicted molar refractivity (Wildman–Crippen MR) is 78.8 cm³/mol. The number of halogens is 3. The van der Waals surface area contributed by atoms with E-state index < -0.39 is 23.4 Å². The van der Waals surface area contributed by atoms with Crippen LogP contribution in [0.15, 0.2) is 36.4 Å². The minimum Gasteiger partial charge on any atom is -0.484 e. The van der Waals surface area contributed by atoms with E-state index in [1.54, 1.807) is 12.1 Å². The van der Waals surface area contributed by atoms with Gasteiger partial charge in [-0.15, -0.1) is 0 Å². The molecule has 1 heterocycles. The number of pyridine rings is 1. The molecule has 1 aromatic carbocycles. The van der Waals surface area contributed by atoms with E-state index in [-0.39, 0.29) is 5.75 Å². The number of rotatable bonds is 4. The summed E-state index contributed by atoms with van der Waals surface area (Å²) in [6.07, 6.45) is -4.50. The highest BCUT2D eigenvalue weighted by atomic mass is 19.4. The summed E-state index contributed by atoms with van der Waals surface area (Å²) in [5.74, 6) is 0.0616. The molecule has 0 N–H and O–H groups in total. The zero-order valence-corrected chi connectivity index (χ0v) is 12.7. The van der Waals surface area contributed by atoms with Gasteiger partial charge in [0.1, 0.15) is 11.9 Å². The summed E-state index contributed by atoms with van der Waals surface area (Å²) >= 11 is 0. The van der Waals surface area contributed by atoms with Crippen molar-refractivity contribution < 1.29 is 17.9 Å². The van der Waals surface area contributed by atoms with Crippen LogP contribution in [0.25, 0.3) is 0 Å². The number of benzene rings is 1. The van der Waals surface area contributed by atoms with E-state index in [1.165, 1.54) is 6.07 Å². The summed E-state index contributed by atoms with van der Waals surface area (Å²) < 4.78 is 44.6. The summed E-state index contributed by atoms with van der Waals surface area (Å²) in [5.41, 5.74) is 0.0434. The van der Waals surface area contributed by atoms with Crippen LogP contribution in [-0.2, 0) is 6.18 Å². The second kappa shape index (κ2) is 6.69. The molecule has 1 atom stereocenters. The number of hydrogen-bond acceptors (Lipinski definition) is 3. The van der Waals surface area contributed by atoms with Crippen molar-refractivity contribution in [2.45, 2.75) is 32.5 Å². The lowest BCUT2D eigenvalue weighted by molar-refractivity contribution is -0.137. The van der Waals surface area contributed by atoms with Crippen LogP contribution in [0, 0.1) is 18.3 Å². The largest absolute Gasteiger partial charge is 0.484 e. The van der Waals surface area contributed by atoms with Gasteiger partial charge in [0.05, 0.1) is 22.9 Å². The van der Waals surface area contributed by atoms with Crippen molar-refractivity contribution in [1.82, 2.24) is 4.98 Å². The molecule has 0 aliphatic rings. The molecular formula is C17H15F3N2O. The average molecular weight is 320 g/mol. The minimum absolute atomic E-state index is 0.0616. The first kappa shape index (κ1) is 16.8. The fraction of sp³-hybridized carbons (Fsp3) is 0.294. The number of hydrogen-bond donors (Lipinski definition) is 0. The summed E-state index contributed by atoms with van der Waals surface area (Å²) in [6, 6.07) is 10.3. The van der Waals surface area contributed by atoms with Crippen LogP contribution in [0.2, 0.25) is 0 Å². The van der Waals surface area contributed by atoms with Crippen molar-refractivity contribution in [3.05, 3.63) is 58.9 Å². The molecule has 0 saturated heterocycles. The van der Waals surface area contributed by atoms with Crippen molar-refractivity contribution in [1.29, 1.82) is 5.26 Å². The highest BCUT2D eigenvalue weighted by Gasteiger charge is 2.34. The maximum Gasteiger partial charge on any atom is 0.417 e. The topological polar surface area (TPSA) is 45.9 Å². The molecule has 0 radical (unpaired) electrons. The van der Waals surface area contributed by atoms with Crippen LogP contribution < -0.4 is 4.74 Å². The summed E-state index contributed by atoms with van der Waals surface area (Å²) in [5, 5.41) is 8.81. The monoisotopic (exact) mass is 320 g/mol. The maximum absolute atomic E-state index is 13.0. The Balaban J connectivity index is 2.34. The summed E-state index contributed by atoms with van der Waals surface area (Å²) in [4.78, 5) is 4.35. The highest BCUT2D eigenvalue weighted by molar-refractivity contribution is 5.44. The Kier molecular flexibility index (Phi) is 4.89. The number of nitrogens with zero attached hydrogens (tertiary/aromatic N) is 2. The number of ether oxygens (including phenoxy) is 1. The summed E-state index contributed by atoms with van der Waals surface area (Å²) in [7, 11) is 0. The van der Waals surface area contributed by atoms with Crippen molar-refractivity contribution in [3.8, 4) is 11.8 Å². The van der Waals surface area contributed by atoms with Crippen molar-refractivity contribution in [3.63, 3.8) is 0 Å². The van der Waals surface area contributed by atoms with E-state index >= 15 is 0 Å². The molecule has 2 aromatic rings. The number of aryl methyl sites for hydroxylation is 1. The smallest absolute Gasteiger partial charge is 0.417 e. The standard InChI is InChI=1S/C17H15F3N2O/c1-3-16(15-6-4-5-11(2)22-15)23-13-8-7-12(10-21)14(9-13)17(18,19)20/h4-9,16H,3H2,1-2H3. The van der Waals surface area contributed by atoms with Crippen LogP contribution in [0.1, 0.15) is 42.0 Å². The molecule has 3 nitrogen and oxygen atoms in total. The molecule has 6 heteroatoms. The third kappa shape index (κ3) is 4.01. The van der Waals surface area contributed by atoms with Gasteiger partial charge in [-0.3, -0.25) is 4.98 Å². The molecule has 0 bridgehead atoms. The molecule has 2 rings (SSSR count). The Morgan fingerprint density at radius 2 is 2.00 bits per heavy atom. The SMILES string of the molecule is CCC(Oc1ccc(C#N)c(C(F)(F)F)c1)c1cccc(C)n1. The van der Waals surface area contributed by atoms with Crippen LogP contribution in [-0.4, -0.2) is 4.98 Å². The Bertz CT molecular complexity index is 735. The van der Waals surface area contributed by atoms with Gasteiger partial charge in [-0.05, 0) is 43.7 Å². The number of nitriles is 1. The predicted octanol–water partition coefficient (Wildman–Crippen LogP) is 4.81. The maximum atomic E-state index is 13.0. The van der Waals surface area contributed by atoms with Gasteiger partial charge in [0.2, 0.25) is 0 Å². The van der Waals surface area contributed by atoms with Crippen LogP contribution in [0.4, 0.5) is 13.2 Å². The van der Waals surface area contributed by atoms with E-state index in [1.807, 2.05) is 26.0 Å². The lowest BCUT2D eigenvalue weighted by Crippen LogP contribution is -2.11. The van der Waals surface area contributed by atoms with E-state index in [0.717, 1.165) is 17.8 Å². The van der Waals surface area contributed by atoms with Crippen molar-refractivity contribution in [2.75, 3.05) is 0 Å². The first-order chi connectivity index (χ1) is 10.8. The van der Waals surface area contributed by atoms with Gasteiger partial charge in [-0.2, -0.15) is 18.4 Å². The lowest BCUT2D eigenvalue weighted by Gasteiger charge is -2.19. The Morgan fingerprint density at radius 3 is 2.57 bits per heavy atom. The molecular weight excluding hydrogens is 305 g/mol. The Morgan fingerprint density at radius 1 is 1.26 bits per heavy atom. The fourth-order valence-electron chi connectivity index (χ4n) is 2.19. The fourth-order valence-corrected chi connectivity index (χ4v) is 2.19. The molecule has 120 valence electrons. The average Bonchev–Trinajstić information content (AvgIpc) is 2.51. The van der Waals surface area contributed by atoms with E-state index in [2.05, 4.69) is 4.98 Å². The molecule has 0 amide bonds. The van der Waals surface area contributed by atoms with Gasteiger partial charge in [-0.25, -0.2) is 0 Å². The first-order valence-corrected chi connectivity index (χ1v) is 7.06. The third-order valence-electron chi connectivity index (χ3n) is 3.31. The third-order valence-corrected chi connectivity index (χ3v) is 3.31. The summed E-state index contributed by atoms with van der Waals surface area (Å²) in [6.45, 7) is 3.70.